The van der Waals surface area contributed by atoms with Gasteiger partial charge in [-0.3, -0.25) is 4.79 Å². The molecule has 142 valence electrons. The Morgan fingerprint density at radius 2 is 1.96 bits per heavy atom. The number of carbonyl (C=O) groups is 1. The first kappa shape index (κ1) is 21.9. The number of benzene rings is 1. The summed E-state index contributed by atoms with van der Waals surface area (Å²) in [7, 11) is -3.63. The number of halogens is 1. The minimum absolute atomic E-state index is 0. The number of sulfonamides is 1. The zero-order valence-corrected chi connectivity index (χ0v) is 16.5. The van der Waals surface area contributed by atoms with Gasteiger partial charge in [-0.2, -0.15) is 0 Å². The third-order valence-electron chi connectivity index (χ3n) is 4.03. The van der Waals surface area contributed by atoms with Crippen LogP contribution in [0.1, 0.15) is 46.5 Å². The van der Waals surface area contributed by atoms with Gasteiger partial charge in [-0.1, -0.05) is 12.5 Å². The molecule has 1 saturated carbocycles. The molecule has 0 heterocycles. The summed E-state index contributed by atoms with van der Waals surface area (Å²) in [5.74, 6) is 0.0788. The molecule has 1 aromatic carbocycles. The molecule has 1 aliphatic rings. The van der Waals surface area contributed by atoms with Crippen molar-refractivity contribution in [1.82, 2.24) is 4.72 Å². The monoisotopic (exact) mass is 389 g/mol. The molecule has 0 bridgehead atoms. The molecule has 6 nitrogen and oxygen atoms in total. The Bertz CT molecular complexity index is 701. The number of anilines is 1. The summed E-state index contributed by atoms with van der Waals surface area (Å²) in [5, 5.41) is 2.78. The lowest BCUT2D eigenvalue weighted by Gasteiger charge is -2.20. The topological polar surface area (TPSA) is 101 Å². The van der Waals surface area contributed by atoms with Crippen molar-refractivity contribution in [3.63, 3.8) is 0 Å². The van der Waals surface area contributed by atoms with Crippen LogP contribution in [0.5, 0.6) is 0 Å². The van der Waals surface area contributed by atoms with Crippen LogP contribution in [-0.4, -0.2) is 25.9 Å². The summed E-state index contributed by atoms with van der Waals surface area (Å²) in [6.45, 7) is 5.34. The lowest BCUT2D eigenvalue weighted by molar-refractivity contribution is -0.117. The summed E-state index contributed by atoms with van der Waals surface area (Å²) in [4.78, 5) is 12.3. The van der Waals surface area contributed by atoms with E-state index in [0.29, 0.717) is 12.1 Å². The van der Waals surface area contributed by atoms with Crippen LogP contribution in [0.4, 0.5) is 5.69 Å². The standard InChI is InChI=1S/C17H27N3O3S.ClH/c1-17(2,3)20-24(22,23)14-8-5-7-13(11-14)19-16(21)10-12-6-4-9-15(12)18;/h5,7-8,11-12,15,20H,4,6,9-10,18H2,1-3H3,(H,19,21);1H/t12-,15+;/m0./s1. The zero-order valence-electron chi connectivity index (χ0n) is 14.9. The maximum Gasteiger partial charge on any atom is 0.241 e. The fraction of sp³-hybridized carbons (Fsp3) is 0.588. The molecule has 0 spiro atoms. The van der Waals surface area contributed by atoms with E-state index in [9.17, 15) is 13.2 Å². The molecule has 0 aliphatic heterocycles. The first-order valence-corrected chi connectivity index (χ1v) is 9.75. The Morgan fingerprint density at radius 1 is 1.28 bits per heavy atom. The Balaban J connectivity index is 0.00000312. The van der Waals surface area contributed by atoms with Gasteiger partial charge in [0.2, 0.25) is 15.9 Å². The molecule has 0 saturated heterocycles. The first-order chi connectivity index (χ1) is 11.1. The van der Waals surface area contributed by atoms with Crippen molar-refractivity contribution in [2.45, 2.75) is 62.9 Å². The third kappa shape index (κ3) is 6.58. The van der Waals surface area contributed by atoms with Crippen LogP contribution < -0.4 is 15.8 Å². The molecular weight excluding hydrogens is 362 g/mol. The van der Waals surface area contributed by atoms with Crippen molar-refractivity contribution in [1.29, 1.82) is 0 Å². The lowest BCUT2D eigenvalue weighted by Crippen LogP contribution is -2.40. The molecule has 1 amide bonds. The second-order valence-electron chi connectivity index (χ2n) is 7.49. The highest BCUT2D eigenvalue weighted by atomic mass is 35.5. The van der Waals surface area contributed by atoms with E-state index in [4.69, 9.17) is 5.73 Å². The van der Waals surface area contributed by atoms with Crippen molar-refractivity contribution >= 4 is 34.0 Å². The second-order valence-corrected chi connectivity index (χ2v) is 9.17. The number of amides is 1. The number of nitrogens with two attached hydrogens (primary N) is 1. The molecule has 4 N–H and O–H groups in total. The van der Waals surface area contributed by atoms with Crippen LogP contribution in [-0.2, 0) is 14.8 Å². The summed E-state index contributed by atoms with van der Waals surface area (Å²) in [6.07, 6.45) is 3.37. The van der Waals surface area contributed by atoms with Gasteiger partial charge in [-0.25, -0.2) is 13.1 Å². The molecule has 1 fully saturated rings. The third-order valence-corrected chi connectivity index (χ3v) is 5.79. The maximum atomic E-state index is 12.4. The summed E-state index contributed by atoms with van der Waals surface area (Å²) >= 11 is 0. The summed E-state index contributed by atoms with van der Waals surface area (Å²) < 4.78 is 27.3. The summed E-state index contributed by atoms with van der Waals surface area (Å²) in [6, 6.07) is 6.37. The fourth-order valence-electron chi connectivity index (χ4n) is 2.97. The van der Waals surface area contributed by atoms with Crippen LogP contribution in [0, 0.1) is 5.92 Å². The normalized spacial score (nSPS) is 20.8. The van der Waals surface area contributed by atoms with Crippen molar-refractivity contribution in [3.8, 4) is 0 Å². The second kappa shape index (κ2) is 8.49. The quantitative estimate of drug-likeness (QED) is 0.720. The van der Waals surface area contributed by atoms with Gasteiger partial charge in [0.25, 0.3) is 0 Å². The Kier molecular flexibility index (Phi) is 7.43. The minimum atomic E-state index is -3.63. The molecule has 25 heavy (non-hydrogen) atoms. The average Bonchev–Trinajstić information content (AvgIpc) is 2.82. The molecule has 0 radical (unpaired) electrons. The van der Waals surface area contributed by atoms with Gasteiger partial charge in [0.1, 0.15) is 0 Å². The van der Waals surface area contributed by atoms with Gasteiger partial charge in [0.05, 0.1) is 4.90 Å². The number of carbonyl (C=O) groups excluding carboxylic acids is 1. The number of hydrogen-bond acceptors (Lipinski definition) is 4. The van der Waals surface area contributed by atoms with Crippen LogP contribution in [0.3, 0.4) is 0 Å². The van der Waals surface area contributed by atoms with Crippen LogP contribution in [0.2, 0.25) is 0 Å². The van der Waals surface area contributed by atoms with E-state index in [1.54, 1.807) is 32.9 Å². The van der Waals surface area contributed by atoms with Crippen molar-refractivity contribution in [3.05, 3.63) is 24.3 Å². The lowest BCUT2D eigenvalue weighted by atomic mass is 10.00. The maximum absolute atomic E-state index is 12.4. The van der Waals surface area contributed by atoms with Crippen molar-refractivity contribution < 1.29 is 13.2 Å². The zero-order chi connectivity index (χ0) is 18.0. The molecule has 0 unspecified atom stereocenters. The van der Waals surface area contributed by atoms with Crippen LogP contribution >= 0.6 is 12.4 Å². The van der Waals surface area contributed by atoms with E-state index < -0.39 is 15.6 Å². The van der Waals surface area contributed by atoms with Crippen molar-refractivity contribution in [2.75, 3.05) is 5.32 Å². The highest BCUT2D eigenvalue weighted by Crippen LogP contribution is 2.27. The fourth-order valence-corrected chi connectivity index (χ4v) is 4.44. The molecule has 0 aromatic heterocycles. The van der Waals surface area contributed by atoms with Gasteiger partial charge in [-0.15, -0.1) is 12.4 Å². The molecule has 1 aliphatic carbocycles. The van der Waals surface area contributed by atoms with Gasteiger partial charge in [-0.05, 0) is 57.7 Å². The number of nitrogens with one attached hydrogen (secondary N) is 2. The number of rotatable bonds is 5. The van der Waals surface area contributed by atoms with E-state index in [2.05, 4.69) is 10.0 Å². The summed E-state index contributed by atoms with van der Waals surface area (Å²) in [5.41, 5.74) is 5.90. The number of hydrogen-bond donors (Lipinski definition) is 3. The van der Waals surface area contributed by atoms with E-state index >= 15 is 0 Å². The van der Waals surface area contributed by atoms with E-state index in [0.717, 1.165) is 19.3 Å². The van der Waals surface area contributed by atoms with Gasteiger partial charge in [0, 0.05) is 23.7 Å². The SMILES string of the molecule is CC(C)(C)NS(=O)(=O)c1cccc(NC(=O)C[C@@H]2CCC[C@H]2N)c1.Cl. The van der Waals surface area contributed by atoms with Gasteiger partial charge < -0.3 is 11.1 Å². The average molecular weight is 390 g/mol. The van der Waals surface area contributed by atoms with Crippen LogP contribution in [0.25, 0.3) is 0 Å². The molecule has 1 aromatic rings. The van der Waals surface area contributed by atoms with Gasteiger partial charge >= 0.3 is 0 Å². The smallest absolute Gasteiger partial charge is 0.241 e. The Labute approximate surface area is 156 Å². The molecule has 2 rings (SSSR count). The largest absolute Gasteiger partial charge is 0.327 e. The van der Waals surface area contributed by atoms with Crippen molar-refractivity contribution in [2.24, 2.45) is 11.7 Å². The molecule has 2 atom stereocenters. The van der Waals surface area contributed by atoms with E-state index in [1.807, 2.05) is 0 Å². The predicted octanol–water partition coefficient (Wildman–Crippen LogP) is 2.64. The highest BCUT2D eigenvalue weighted by Gasteiger charge is 2.26. The van der Waals surface area contributed by atoms with Gasteiger partial charge in [0.15, 0.2) is 0 Å². The Morgan fingerprint density at radius 3 is 2.52 bits per heavy atom. The first-order valence-electron chi connectivity index (χ1n) is 8.26. The molecular formula is C17H28ClN3O3S. The Hall–Kier alpha value is -1.15. The highest BCUT2D eigenvalue weighted by molar-refractivity contribution is 7.89. The van der Waals surface area contributed by atoms with Crippen LogP contribution in [0.15, 0.2) is 29.2 Å². The van der Waals surface area contributed by atoms with E-state index in [1.165, 1.54) is 12.1 Å². The predicted molar refractivity (Wildman–Crippen MR) is 102 cm³/mol. The minimum Gasteiger partial charge on any atom is -0.327 e. The van der Waals surface area contributed by atoms with E-state index in [-0.39, 0.29) is 35.2 Å². The molecule has 8 heteroatoms.